The maximum atomic E-state index is 11.3. The monoisotopic (exact) mass is 213 g/mol. The number of aliphatic hydroxyl groups excluding tert-OH is 1. The van der Waals surface area contributed by atoms with Crippen molar-refractivity contribution in [1.82, 2.24) is 4.72 Å². The van der Waals surface area contributed by atoms with E-state index in [4.69, 9.17) is 5.11 Å². The van der Waals surface area contributed by atoms with Crippen LogP contribution in [-0.2, 0) is 16.6 Å². The van der Waals surface area contributed by atoms with Gasteiger partial charge in [-0.2, -0.15) is 0 Å². The first-order valence-electron chi connectivity index (χ1n) is 3.85. The van der Waals surface area contributed by atoms with E-state index in [9.17, 15) is 13.2 Å². The van der Waals surface area contributed by atoms with Crippen LogP contribution in [0.3, 0.4) is 0 Å². The van der Waals surface area contributed by atoms with Crippen LogP contribution >= 0.6 is 0 Å². The molecule has 0 radical (unpaired) electrons. The lowest BCUT2D eigenvalue weighted by Crippen LogP contribution is -2.20. The van der Waals surface area contributed by atoms with Gasteiger partial charge in [0.1, 0.15) is 4.90 Å². The molecule has 0 saturated carbocycles. The molecule has 1 aromatic carbocycles. The van der Waals surface area contributed by atoms with Gasteiger partial charge in [-0.25, -0.2) is 13.1 Å². The molecule has 1 amide bonds. The van der Waals surface area contributed by atoms with Crippen molar-refractivity contribution < 1.29 is 18.3 Å². The Morgan fingerprint density at radius 3 is 2.71 bits per heavy atom. The summed E-state index contributed by atoms with van der Waals surface area (Å²) in [5.41, 5.74) is 0.589. The molecule has 0 fully saturated rings. The number of hydrogen-bond acceptors (Lipinski definition) is 4. The van der Waals surface area contributed by atoms with Gasteiger partial charge in [-0.1, -0.05) is 6.07 Å². The van der Waals surface area contributed by atoms with Crippen molar-refractivity contribution in [2.24, 2.45) is 0 Å². The van der Waals surface area contributed by atoms with E-state index in [1.165, 1.54) is 18.2 Å². The first-order chi connectivity index (χ1) is 6.54. The van der Waals surface area contributed by atoms with Crippen LogP contribution in [0.5, 0.6) is 0 Å². The molecule has 5 nitrogen and oxygen atoms in total. The molecule has 0 atom stereocenters. The molecule has 1 heterocycles. The average Bonchev–Trinajstić information content (AvgIpc) is 2.37. The Morgan fingerprint density at radius 2 is 2.07 bits per heavy atom. The van der Waals surface area contributed by atoms with Gasteiger partial charge in [-0.3, -0.25) is 4.79 Å². The molecule has 1 aliphatic heterocycles. The molecular weight excluding hydrogens is 206 g/mol. The molecule has 0 aliphatic carbocycles. The van der Waals surface area contributed by atoms with Crippen LogP contribution < -0.4 is 4.72 Å². The standard InChI is InChI=1S/C8H7NO4S/c10-4-5-1-2-6-7(3-5)14(12,13)9-8(6)11/h1-3,10H,4H2,(H,9,11). The summed E-state index contributed by atoms with van der Waals surface area (Å²) in [5, 5.41) is 8.80. The SMILES string of the molecule is O=C1NS(=O)(=O)c2cc(CO)ccc21. The van der Waals surface area contributed by atoms with E-state index in [0.717, 1.165) is 0 Å². The number of nitrogens with one attached hydrogen (secondary N) is 1. The summed E-state index contributed by atoms with van der Waals surface area (Å²) in [5.74, 6) is -0.621. The van der Waals surface area contributed by atoms with Crippen molar-refractivity contribution in [1.29, 1.82) is 0 Å². The fraction of sp³-hybridized carbons (Fsp3) is 0.125. The normalized spacial score (nSPS) is 17.6. The number of fused-ring (bicyclic) bond motifs is 1. The van der Waals surface area contributed by atoms with Crippen molar-refractivity contribution in [2.75, 3.05) is 0 Å². The van der Waals surface area contributed by atoms with Crippen LogP contribution in [0.15, 0.2) is 23.1 Å². The molecule has 2 rings (SSSR count). The van der Waals surface area contributed by atoms with Crippen molar-refractivity contribution in [3.8, 4) is 0 Å². The Hall–Kier alpha value is -1.40. The van der Waals surface area contributed by atoms with E-state index in [2.05, 4.69) is 0 Å². The molecule has 0 unspecified atom stereocenters. The van der Waals surface area contributed by atoms with E-state index in [0.29, 0.717) is 5.56 Å². The smallest absolute Gasteiger partial charge is 0.266 e. The highest BCUT2D eigenvalue weighted by molar-refractivity contribution is 7.90. The average molecular weight is 213 g/mol. The van der Waals surface area contributed by atoms with Gasteiger partial charge in [0.2, 0.25) is 0 Å². The maximum Gasteiger partial charge on any atom is 0.266 e. The van der Waals surface area contributed by atoms with Gasteiger partial charge in [0, 0.05) is 0 Å². The van der Waals surface area contributed by atoms with Crippen LogP contribution in [0.2, 0.25) is 0 Å². The number of rotatable bonds is 1. The van der Waals surface area contributed by atoms with Crippen LogP contribution in [0, 0.1) is 0 Å². The van der Waals surface area contributed by atoms with Gasteiger partial charge in [0.25, 0.3) is 15.9 Å². The van der Waals surface area contributed by atoms with E-state index in [-0.39, 0.29) is 17.1 Å². The molecule has 0 bridgehead atoms. The third-order valence-electron chi connectivity index (χ3n) is 1.99. The molecule has 6 heteroatoms. The summed E-state index contributed by atoms with van der Waals surface area (Å²) in [7, 11) is -3.70. The number of amides is 1. The third-order valence-corrected chi connectivity index (χ3v) is 3.36. The van der Waals surface area contributed by atoms with Gasteiger partial charge < -0.3 is 5.11 Å². The lowest BCUT2D eigenvalue weighted by molar-refractivity contribution is 0.0985. The predicted molar refractivity (Wildman–Crippen MR) is 47.0 cm³/mol. The Labute approximate surface area is 80.4 Å². The number of aliphatic hydroxyl groups is 1. The fourth-order valence-corrected chi connectivity index (χ4v) is 2.53. The molecule has 1 aliphatic rings. The molecule has 2 N–H and O–H groups in total. The van der Waals surface area contributed by atoms with Gasteiger partial charge >= 0.3 is 0 Å². The van der Waals surface area contributed by atoms with Crippen LogP contribution in [0.4, 0.5) is 0 Å². The lowest BCUT2D eigenvalue weighted by Gasteiger charge is -1.98. The van der Waals surface area contributed by atoms with Crippen LogP contribution in [0.25, 0.3) is 0 Å². The summed E-state index contributed by atoms with van der Waals surface area (Å²) in [6, 6.07) is 4.20. The van der Waals surface area contributed by atoms with Crippen LogP contribution in [-0.4, -0.2) is 19.4 Å². The van der Waals surface area contributed by atoms with E-state index >= 15 is 0 Å². The zero-order valence-corrected chi connectivity index (χ0v) is 7.84. The Morgan fingerprint density at radius 1 is 1.36 bits per heavy atom. The van der Waals surface area contributed by atoms with Gasteiger partial charge in [-0.05, 0) is 17.7 Å². The molecule has 0 spiro atoms. The molecule has 1 aromatic rings. The molecular formula is C8H7NO4S. The Balaban J connectivity index is 2.71. The van der Waals surface area contributed by atoms with Gasteiger partial charge in [0.15, 0.2) is 0 Å². The maximum absolute atomic E-state index is 11.3. The highest BCUT2D eigenvalue weighted by atomic mass is 32.2. The van der Waals surface area contributed by atoms with E-state index in [1.807, 2.05) is 4.72 Å². The zero-order valence-electron chi connectivity index (χ0n) is 7.02. The van der Waals surface area contributed by atoms with Crippen molar-refractivity contribution in [3.05, 3.63) is 29.3 Å². The minimum absolute atomic E-state index is 0.0611. The zero-order chi connectivity index (χ0) is 10.3. The highest BCUT2D eigenvalue weighted by Crippen LogP contribution is 2.23. The lowest BCUT2D eigenvalue weighted by atomic mass is 10.1. The topological polar surface area (TPSA) is 83.5 Å². The van der Waals surface area contributed by atoms with Crippen molar-refractivity contribution >= 4 is 15.9 Å². The number of carbonyl (C=O) groups excluding carboxylic acids is 1. The van der Waals surface area contributed by atoms with E-state index in [1.54, 1.807) is 0 Å². The third kappa shape index (κ3) is 1.19. The quantitative estimate of drug-likeness (QED) is 0.665. The number of sulfonamides is 1. The molecule has 14 heavy (non-hydrogen) atoms. The predicted octanol–water partition coefficient (Wildman–Crippen LogP) is -0.389. The second-order valence-corrected chi connectivity index (χ2v) is 4.57. The molecule has 0 aromatic heterocycles. The summed E-state index contributed by atoms with van der Waals surface area (Å²) >= 11 is 0. The van der Waals surface area contributed by atoms with Crippen molar-refractivity contribution in [3.63, 3.8) is 0 Å². The summed E-state index contributed by atoms with van der Waals surface area (Å²) in [6.07, 6.45) is 0. The van der Waals surface area contributed by atoms with Gasteiger partial charge in [-0.15, -0.1) is 0 Å². The van der Waals surface area contributed by atoms with Gasteiger partial charge in [0.05, 0.1) is 12.2 Å². The second-order valence-electron chi connectivity index (χ2n) is 2.92. The highest BCUT2D eigenvalue weighted by Gasteiger charge is 2.32. The largest absolute Gasteiger partial charge is 0.392 e. The molecule has 0 saturated heterocycles. The number of carbonyl (C=O) groups is 1. The van der Waals surface area contributed by atoms with Crippen LogP contribution in [0.1, 0.15) is 15.9 Å². The second kappa shape index (κ2) is 2.79. The minimum atomic E-state index is -3.70. The fourth-order valence-electron chi connectivity index (χ4n) is 1.31. The minimum Gasteiger partial charge on any atom is -0.392 e. The van der Waals surface area contributed by atoms with E-state index < -0.39 is 15.9 Å². The Kier molecular flexibility index (Phi) is 1.83. The summed E-state index contributed by atoms with van der Waals surface area (Å²) < 4.78 is 24.5. The number of hydrogen-bond donors (Lipinski definition) is 2. The number of benzene rings is 1. The first kappa shape index (κ1) is 9.17. The molecule has 74 valence electrons. The van der Waals surface area contributed by atoms with Crippen molar-refractivity contribution in [2.45, 2.75) is 11.5 Å². The Bertz CT molecular complexity index is 506. The summed E-state index contributed by atoms with van der Waals surface area (Å²) in [4.78, 5) is 11.1. The first-order valence-corrected chi connectivity index (χ1v) is 5.34. The summed E-state index contributed by atoms with van der Waals surface area (Å²) in [6.45, 7) is -0.253.